The number of nitrogens with zero attached hydrogens (tertiary/aromatic N) is 3. The molecule has 4 nitrogen and oxygen atoms in total. The van der Waals surface area contributed by atoms with Crippen LogP contribution in [0.2, 0.25) is 0 Å². The third-order valence-electron chi connectivity index (χ3n) is 2.74. The van der Waals surface area contributed by atoms with Crippen molar-refractivity contribution in [3.8, 4) is 0 Å². The summed E-state index contributed by atoms with van der Waals surface area (Å²) in [5, 5.41) is 3.14. The Balaban J connectivity index is 3.26. The normalized spacial score (nSPS) is 10.6. The molecule has 0 bridgehead atoms. The Morgan fingerprint density at radius 1 is 1.25 bits per heavy atom. The second-order valence-electron chi connectivity index (χ2n) is 4.04. The van der Waals surface area contributed by atoms with Gasteiger partial charge in [0.1, 0.15) is 18.0 Å². The van der Waals surface area contributed by atoms with Crippen molar-refractivity contribution in [1.82, 2.24) is 9.97 Å². The van der Waals surface area contributed by atoms with Gasteiger partial charge in [0, 0.05) is 25.7 Å². The summed E-state index contributed by atoms with van der Waals surface area (Å²) in [7, 11) is 1.90. The molecule has 0 aliphatic rings. The van der Waals surface area contributed by atoms with Gasteiger partial charge in [-0.05, 0) is 19.8 Å². The maximum atomic E-state index is 4.43. The van der Waals surface area contributed by atoms with Crippen molar-refractivity contribution in [1.29, 1.82) is 0 Å². The van der Waals surface area contributed by atoms with Crippen LogP contribution in [0.4, 0.5) is 11.6 Å². The lowest BCUT2D eigenvalue weighted by Gasteiger charge is -2.25. The van der Waals surface area contributed by atoms with Gasteiger partial charge in [0.2, 0.25) is 0 Å². The monoisotopic (exact) mass is 222 g/mol. The van der Waals surface area contributed by atoms with Gasteiger partial charge in [-0.25, -0.2) is 9.97 Å². The minimum absolute atomic E-state index is 0.416. The molecule has 1 N–H and O–H groups in total. The van der Waals surface area contributed by atoms with Crippen molar-refractivity contribution < 1.29 is 0 Å². The number of hydrogen-bond acceptors (Lipinski definition) is 4. The largest absolute Gasteiger partial charge is 0.373 e. The highest BCUT2D eigenvalue weighted by molar-refractivity contribution is 5.60. The van der Waals surface area contributed by atoms with E-state index < -0.39 is 0 Å². The molecular weight excluding hydrogens is 200 g/mol. The Morgan fingerprint density at radius 3 is 2.31 bits per heavy atom. The number of nitrogens with one attached hydrogen (secondary N) is 1. The molecule has 0 atom stereocenters. The molecule has 0 saturated heterocycles. The van der Waals surface area contributed by atoms with Crippen molar-refractivity contribution in [2.24, 2.45) is 0 Å². The standard InChI is InChI=1S/C12H22N4/c1-6-16(7-2)12-10(9(3)4)11(13-5)14-8-15-12/h8-9H,6-7H2,1-5H3,(H,13,14,15). The van der Waals surface area contributed by atoms with Gasteiger partial charge in [-0.1, -0.05) is 13.8 Å². The molecule has 1 heterocycles. The van der Waals surface area contributed by atoms with Crippen LogP contribution in [0, 0.1) is 0 Å². The van der Waals surface area contributed by atoms with E-state index in [4.69, 9.17) is 0 Å². The van der Waals surface area contributed by atoms with E-state index in [-0.39, 0.29) is 0 Å². The van der Waals surface area contributed by atoms with E-state index in [1.54, 1.807) is 6.33 Å². The molecule has 0 spiro atoms. The van der Waals surface area contributed by atoms with Crippen molar-refractivity contribution in [2.45, 2.75) is 33.6 Å². The van der Waals surface area contributed by atoms with Crippen LogP contribution in [0.1, 0.15) is 39.2 Å². The fourth-order valence-electron chi connectivity index (χ4n) is 1.89. The lowest BCUT2D eigenvalue weighted by molar-refractivity contribution is 0.790. The summed E-state index contributed by atoms with van der Waals surface area (Å²) in [4.78, 5) is 11.0. The van der Waals surface area contributed by atoms with Gasteiger partial charge in [0.05, 0.1) is 0 Å². The summed E-state index contributed by atoms with van der Waals surface area (Å²) < 4.78 is 0. The van der Waals surface area contributed by atoms with E-state index in [9.17, 15) is 0 Å². The van der Waals surface area contributed by atoms with E-state index in [0.717, 1.165) is 24.7 Å². The third kappa shape index (κ3) is 2.43. The zero-order chi connectivity index (χ0) is 12.1. The quantitative estimate of drug-likeness (QED) is 0.831. The molecule has 90 valence electrons. The summed E-state index contributed by atoms with van der Waals surface area (Å²) in [6, 6.07) is 0. The van der Waals surface area contributed by atoms with E-state index in [2.05, 4.69) is 47.9 Å². The first-order chi connectivity index (χ1) is 7.65. The highest BCUT2D eigenvalue weighted by Gasteiger charge is 2.17. The van der Waals surface area contributed by atoms with E-state index in [0.29, 0.717) is 5.92 Å². The zero-order valence-electron chi connectivity index (χ0n) is 10.9. The summed E-state index contributed by atoms with van der Waals surface area (Å²) in [6.07, 6.45) is 1.63. The van der Waals surface area contributed by atoms with Crippen LogP contribution >= 0.6 is 0 Å². The van der Waals surface area contributed by atoms with Crippen molar-refractivity contribution >= 4 is 11.6 Å². The first-order valence-corrected chi connectivity index (χ1v) is 5.93. The van der Waals surface area contributed by atoms with Gasteiger partial charge >= 0.3 is 0 Å². The van der Waals surface area contributed by atoms with Crippen molar-refractivity contribution in [3.63, 3.8) is 0 Å². The number of anilines is 2. The van der Waals surface area contributed by atoms with Crippen LogP contribution in [0.5, 0.6) is 0 Å². The molecule has 0 amide bonds. The van der Waals surface area contributed by atoms with Gasteiger partial charge in [0.25, 0.3) is 0 Å². The van der Waals surface area contributed by atoms with Gasteiger partial charge in [-0.15, -0.1) is 0 Å². The molecule has 0 unspecified atom stereocenters. The highest BCUT2D eigenvalue weighted by atomic mass is 15.2. The highest BCUT2D eigenvalue weighted by Crippen LogP contribution is 2.30. The summed E-state index contributed by atoms with van der Waals surface area (Å²) in [5.41, 5.74) is 1.20. The average Bonchev–Trinajstić information content (AvgIpc) is 2.30. The Bertz CT molecular complexity index is 332. The lowest BCUT2D eigenvalue weighted by Crippen LogP contribution is -2.25. The summed E-state index contributed by atoms with van der Waals surface area (Å²) >= 11 is 0. The molecule has 16 heavy (non-hydrogen) atoms. The fraction of sp³-hybridized carbons (Fsp3) is 0.667. The fourth-order valence-corrected chi connectivity index (χ4v) is 1.89. The van der Waals surface area contributed by atoms with Crippen molar-refractivity contribution in [2.75, 3.05) is 30.4 Å². The smallest absolute Gasteiger partial charge is 0.137 e. The first-order valence-electron chi connectivity index (χ1n) is 5.93. The molecule has 0 aliphatic heterocycles. The molecule has 0 radical (unpaired) electrons. The Hall–Kier alpha value is -1.32. The number of rotatable bonds is 5. The first kappa shape index (κ1) is 12.7. The van der Waals surface area contributed by atoms with Gasteiger partial charge in [0.15, 0.2) is 0 Å². The molecule has 4 heteroatoms. The maximum Gasteiger partial charge on any atom is 0.137 e. The Kier molecular flexibility index (Phi) is 4.52. The summed E-state index contributed by atoms with van der Waals surface area (Å²) in [5.74, 6) is 2.41. The van der Waals surface area contributed by atoms with Gasteiger partial charge < -0.3 is 10.2 Å². The molecule has 0 aliphatic carbocycles. The van der Waals surface area contributed by atoms with Crippen molar-refractivity contribution in [3.05, 3.63) is 11.9 Å². The molecule has 1 rings (SSSR count). The molecule has 1 aromatic heterocycles. The molecule has 0 aromatic carbocycles. The van der Waals surface area contributed by atoms with Gasteiger partial charge in [-0.2, -0.15) is 0 Å². The Morgan fingerprint density at radius 2 is 1.88 bits per heavy atom. The predicted octanol–water partition coefficient (Wildman–Crippen LogP) is 2.49. The van der Waals surface area contributed by atoms with Crippen LogP contribution in [-0.4, -0.2) is 30.1 Å². The molecule has 1 aromatic rings. The third-order valence-corrected chi connectivity index (χ3v) is 2.74. The number of hydrogen-bond donors (Lipinski definition) is 1. The zero-order valence-corrected chi connectivity index (χ0v) is 10.9. The van der Waals surface area contributed by atoms with E-state index in [1.165, 1.54) is 5.56 Å². The second-order valence-corrected chi connectivity index (χ2v) is 4.04. The van der Waals surface area contributed by atoms with E-state index in [1.807, 2.05) is 7.05 Å². The summed E-state index contributed by atoms with van der Waals surface area (Å²) in [6.45, 7) is 10.6. The molecule has 0 saturated carbocycles. The second kappa shape index (κ2) is 5.68. The molecule has 0 fully saturated rings. The average molecular weight is 222 g/mol. The van der Waals surface area contributed by atoms with Crippen LogP contribution in [0.3, 0.4) is 0 Å². The van der Waals surface area contributed by atoms with E-state index >= 15 is 0 Å². The minimum atomic E-state index is 0.416. The Labute approximate surface area is 98.1 Å². The van der Waals surface area contributed by atoms with Gasteiger partial charge in [-0.3, -0.25) is 0 Å². The van der Waals surface area contributed by atoms with Crippen LogP contribution in [0.15, 0.2) is 6.33 Å². The predicted molar refractivity (Wildman–Crippen MR) is 69.2 cm³/mol. The maximum absolute atomic E-state index is 4.43. The lowest BCUT2D eigenvalue weighted by atomic mass is 10.0. The number of aromatic nitrogens is 2. The minimum Gasteiger partial charge on any atom is -0.373 e. The SMILES string of the molecule is CCN(CC)c1ncnc(NC)c1C(C)C. The van der Waals surface area contributed by atoms with Crippen LogP contribution in [0.25, 0.3) is 0 Å². The topological polar surface area (TPSA) is 41.1 Å². The molecular formula is C12H22N4. The van der Waals surface area contributed by atoms with Crippen LogP contribution < -0.4 is 10.2 Å². The van der Waals surface area contributed by atoms with Crippen LogP contribution in [-0.2, 0) is 0 Å².